The third-order valence-electron chi connectivity index (χ3n) is 3.28. The van der Waals surface area contributed by atoms with Crippen molar-refractivity contribution in [3.05, 3.63) is 57.5 Å². The van der Waals surface area contributed by atoms with Crippen LogP contribution in [-0.2, 0) is 16.1 Å². The van der Waals surface area contributed by atoms with Crippen molar-refractivity contribution in [3.8, 4) is 5.75 Å². The number of hydrogen-bond donors (Lipinski definition) is 1. The molecule has 1 atom stereocenters. The number of hydrogen-bond acceptors (Lipinski definition) is 6. The smallest absolute Gasteiger partial charge is 0.351 e. The molecule has 2 aromatic rings. The van der Waals surface area contributed by atoms with E-state index in [0.717, 1.165) is 0 Å². The molecule has 6 nitrogen and oxygen atoms in total. The Balaban J connectivity index is 1.95. The second kappa shape index (κ2) is 9.35. The van der Waals surface area contributed by atoms with E-state index >= 15 is 0 Å². The fourth-order valence-corrected chi connectivity index (χ4v) is 2.95. The lowest BCUT2D eigenvalue weighted by Gasteiger charge is -2.12. The maximum absolute atomic E-state index is 12.3. The molecule has 0 fully saturated rings. The lowest BCUT2D eigenvalue weighted by Crippen LogP contribution is -2.35. The quantitative estimate of drug-likeness (QED) is 0.547. The van der Waals surface area contributed by atoms with Gasteiger partial charge in [-0.15, -0.1) is 17.9 Å². The van der Waals surface area contributed by atoms with E-state index in [0.29, 0.717) is 32.9 Å². The van der Waals surface area contributed by atoms with Gasteiger partial charge >= 0.3 is 5.97 Å². The number of esters is 1. The van der Waals surface area contributed by atoms with Gasteiger partial charge in [0.05, 0.1) is 5.69 Å². The number of ether oxygens (including phenoxy) is 2. The van der Waals surface area contributed by atoms with Gasteiger partial charge < -0.3 is 14.8 Å². The van der Waals surface area contributed by atoms with E-state index in [-0.39, 0.29) is 12.5 Å². The van der Waals surface area contributed by atoms with Crippen LogP contribution in [0.25, 0.3) is 0 Å². The zero-order chi connectivity index (χ0) is 19.1. The summed E-state index contributed by atoms with van der Waals surface area (Å²) in [5.41, 5.74) is 0.536. The minimum absolute atomic E-state index is 0.218. The van der Waals surface area contributed by atoms with E-state index in [4.69, 9.17) is 21.1 Å². The molecule has 0 aliphatic carbocycles. The van der Waals surface area contributed by atoms with Gasteiger partial charge in [-0.05, 0) is 38.1 Å². The van der Waals surface area contributed by atoms with E-state index in [9.17, 15) is 9.59 Å². The van der Waals surface area contributed by atoms with Gasteiger partial charge in [0.1, 0.15) is 22.2 Å². The number of aromatic nitrogens is 1. The standard InChI is InChI=1S/C18H19ClN2O4S/c1-4-9-20-17(22)12(3)25-18(23)16-11(2)21-15(26-16)10-24-14-7-5-13(19)6-8-14/h4-8,12H,1,9-10H2,2-3H3,(H,20,22). The molecule has 0 aliphatic rings. The highest BCUT2D eigenvalue weighted by molar-refractivity contribution is 7.13. The van der Waals surface area contributed by atoms with E-state index in [1.807, 2.05) is 0 Å². The predicted molar refractivity (Wildman–Crippen MR) is 101 cm³/mol. The zero-order valence-corrected chi connectivity index (χ0v) is 16.0. The normalized spacial score (nSPS) is 11.5. The summed E-state index contributed by atoms with van der Waals surface area (Å²) in [6.07, 6.45) is 0.643. The average molecular weight is 395 g/mol. The van der Waals surface area contributed by atoms with Crippen molar-refractivity contribution in [2.75, 3.05) is 6.54 Å². The highest BCUT2D eigenvalue weighted by Gasteiger charge is 2.22. The van der Waals surface area contributed by atoms with Gasteiger partial charge in [-0.1, -0.05) is 17.7 Å². The minimum Gasteiger partial charge on any atom is -0.486 e. The fourth-order valence-electron chi connectivity index (χ4n) is 1.96. The Morgan fingerprint density at radius 1 is 1.38 bits per heavy atom. The van der Waals surface area contributed by atoms with Gasteiger partial charge in [0.25, 0.3) is 5.91 Å². The number of aryl methyl sites for hydroxylation is 1. The van der Waals surface area contributed by atoms with Crippen molar-refractivity contribution in [1.29, 1.82) is 0 Å². The summed E-state index contributed by atoms with van der Waals surface area (Å²) in [5.74, 6) is -0.315. The van der Waals surface area contributed by atoms with Gasteiger partial charge in [0.15, 0.2) is 6.10 Å². The van der Waals surface area contributed by atoms with Crippen LogP contribution >= 0.6 is 22.9 Å². The van der Waals surface area contributed by atoms with E-state index < -0.39 is 12.1 Å². The zero-order valence-electron chi connectivity index (χ0n) is 14.5. The number of amides is 1. The maximum atomic E-state index is 12.3. The molecule has 1 heterocycles. The number of nitrogens with zero attached hydrogens (tertiary/aromatic N) is 1. The first-order chi connectivity index (χ1) is 12.4. The Labute approximate surface area is 160 Å². The van der Waals surface area contributed by atoms with Crippen molar-refractivity contribution >= 4 is 34.8 Å². The van der Waals surface area contributed by atoms with Gasteiger partial charge in [-0.3, -0.25) is 4.79 Å². The summed E-state index contributed by atoms with van der Waals surface area (Å²) < 4.78 is 10.8. The van der Waals surface area contributed by atoms with Crippen LogP contribution in [0.1, 0.15) is 27.3 Å². The molecule has 0 aliphatic heterocycles. The maximum Gasteiger partial charge on any atom is 0.351 e. The molecular weight excluding hydrogens is 376 g/mol. The molecule has 1 aromatic heterocycles. The summed E-state index contributed by atoms with van der Waals surface area (Å²) in [5, 5.41) is 3.83. The van der Waals surface area contributed by atoms with Gasteiger partial charge in [-0.2, -0.15) is 0 Å². The first-order valence-electron chi connectivity index (χ1n) is 7.85. The molecule has 0 saturated heterocycles. The molecule has 1 unspecified atom stereocenters. The van der Waals surface area contributed by atoms with E-state index in [2.05, 4.69) is 16.9 Å². The van der Waals surface area contributed by atoms with Gasteiger partial charge in [0, 0.05) is 11.6 Å². The van der Waals surface area contributed by atoms with Crippen molar-refractivity contribution in [3.63, 3.8) is 0 Å². The van der Waals surface area contributed by atoms with Crippen LogP contribution in [0.5, 0.6) is 5.75 Å². The second-order valence-corrected chi connectivity index (χ2v) is 6.87. The molecule has 26 heavy (non-hydrogen) atoms. The van der Waals surface area contributed by atoms with Gasteiger partial charge in [0.2, 0.25) is 0 Å². The largest absolute Gasteiger partial charge is 0.486 e. The number of benzene rings is 1. The molecule has 138 valence electrons. The summed E-state index contributed by atoms with van der Waals surface area (Å²) in [7, 11) is 0. The molecular formula is C18H19ClN2O4S. The molecule has 1 N–H and O–H groups in total. The van der Waals surface area contributed by atoms with Crippen molar-refractivity contribution < 1.29 is 19.1 Å². The number of rotatable bonds is 8. The molecule has 1 aromatic carbocycles. The Hall–Kier alpha value is -2.38. The summed E-state index contributed by atoms with van der Waals surface area (Å²) >= 11 is 7.01. The summed E-state index contributed by atoms with van der Waals surface area (Å²) in [6.45, 7) is 7.26. The summed E-state index contributed by atoms with van der Waals surface area (Å²) in [6, 6.07) is 6.96. The van der Waals surface area contributed by atoms with Crippen molar-refractivity contribution in [2.45, 2.75) is 26.6 Å². The minimum atomic E-state index is -0.905. The Kier molecular flexibility index (Phi) is 7.17. The third-order valence-corrected chi connectivity index (χ3v) is 4.64. The third kappa shape index (κ3) is 5.57. The van der Waals surface area contributed by atoms with Crippen LogP contribution in [0.4, 0.5) is 0 Å². The lowest BCUT2D eigenvalue weighted by molar-refractivity contribution is -0.128. The summed E-state index contributed by atoms with van der Waals surface area (Å²) in [4.78, 5) is 28.7. The molecule has 0 radical (unpaired) electrons. The lowest BCUT2D eigenvalue weighted by atomic mass is 10.3. The second-order valence-electron chi connectivity index (χ2n) is 5.35. The van der Waals surface area contributed by atoms with Crippen LogP contribution in [-0.4, -0.2) is 29.5 Å². The van der Waals surface area contributed by atoms with Gasteiger partial charge in [-0.25, -0.2) is 9.78 Å². The highest BCUT2D eigenvalue weighted by atomic mass is 35.5. The number of halogens is 1. The number of carbonyl (C=O) groups excluding carboxylic acids is 2. The SMILES string of the molecule is C=CCNC(=O)C(C)OC(=O)c1sc(COc2ccc(Cl)cc2)nc1C. The van der Waals surface area contributed by atoms with Crippen LogP contribution in [0.15, 0.2) is 36.9 Å². The van der Waals surface area contributed by atoms with E-state index in [1.165, 1.54) is 18.3 Å². The van der Waals surface area contributed by atoms with Crippen molar-refractivity contribution in [2.24, 2.45) is 0 Å². The monoisotopic (exact) mass is 394 g/mol. The Morgan fingerprint density at radius 2 is 2.08 bits per heavy atom. The molecule has 0 saturated carbocycles. The number of thiazole rings is 1. The molecule has 8 heteroatoms. The predicted octanol–water partition coefficient (Wildman–Crippen LogP) is 3.53. The molecule has 1 amide bonds. The van der Waals surface area contributed by atoms with Crippen LogP contribution < -0.4 is 10.1 Å². The van der Waals surface area contributed by atoms with E-state index in [1.54, 1.807) is 37.3 Å². The number of nitrogens with one attached hydrogen (secondary N) is 1. The van der Waals surface area contributed by atoms with Crippen LogP contribution in [0.3, 0.4) is 0 Å². The number of carbonyl (C=O) groups is 2. The highest BCUT2D eigenvalue weighted by Crippen LogP contribution is 2.22. The fraction of sp³-hybridized carbons (Fsp3) is 0.278. The first kappa shape index (κ1) is 19.9. The first-order valence-corrected chi connectivity index (χ1v) is 9.04. The van der Waals surface area contributed by atoms with Crippen LogP contribution in [0, 0.1) is 6.92 Å². The molecule has 0 spiro atoms. The molecule has 2 rings (SSSR count). The Bertz CT molecular complexity index is 789. The topological polar surface area (TPSA) is 77.5 Å². The van der Waals surface area contributed by atoms with Crippen LogP contribution in [0.2, 0.25) is 5.02 Å². The average Bonchev–Trinajstić information content (AvgIpc) is 3.00. The molecule has 0 bridgehead atoms. The Morgan fingerprint density at radius 3 is 2.73 bits per heavy atom. The van der Waals surface area contributed by atoms with Crippen molar-refractivity contribution in [1.82, 2.24) is 10.3 Å².